The number of anilines is 1. The van der Waals surface area contributed by atoms with Crippen LogP contribution in [0.4, 0.5) is 5.69 Å². The quantitative estimate of drug-likeness (QED) is 0.488. The molecule has 3 aliphatic rings. The summed E-state index contributed by atoms with van der Waals surface area (Å²) in [5.74, 6) is 0.266. The molecular weight excluding hydrogens is 426 g/mol. The number of allylic oxidation sites excluding steroid dienone is 1. The maximum atomic E-state index is 13.5. The van der Waals surface area contributed by atoms with E-state index in [1.807, 2.05) is 11.8 Å². The van der Waals surface area contributed by atoms with Gasteiger partial charge in [0.1, 0.15) is 23.7 Å². The number of nitrogens with one attached hydrogen (secondary N) is 2. The van der Waals surface area contributed by atoms with Gasteiger partial charge < -0.3 is 40.0 Å². The molecule has 0 bridgehead atoms. The van der Waals surface area contributed by atoms with E-state index in [9.17, 15) is 15.0 Å². The van der Waals surface area contributed by atoms with Gasteiger partial charge in [-0.3, -0.25) is 4.79 Å². The number of carbonyl (C=O) groups is 1. The lowest BCUT2D eigenvalue weighted by Gasteiger charge is -2.47. The van der Waals surface area contributed by atoms with Gasteiger partial charge in [0.15, 0.2) is 0 Å². The summed E-state index contributed by atoms with van der Waals surface area (Å²) in [7, 11) is 3.34. The van der Waals surface area contributed by atoms with Crippen molar-refractivity contribution in [2.45, 2.75) is 76.0 Å². The smallest absolute Gasteiger partial charge is 0.256 e. The van der Waals surface area contributed by atoms with Crippen LogP contribution in [-0.2, 0) is 9.47 Å². The van der Waals surface area contributed by atoms with Gasteiger partial charge in [-0.2, -0.15) is 0 Å². The number of likely N-dealkylation sites (N-methyl/N-ethyl adjacent to an activating group) is 1. The van der Waals surface area contributed by atoms with E-state index in [4.69, 9.17) is 14.2 Å². The fraction of sp³-hybridized carbons (Fsp3) is 0.625. The van der Waals surface area contributed by atoms with E-state index >= 15 is 0 Å². The zero-order valence-electron chi connectivity index (χ0n) is 19.9. The highest BCUT2D eigenvalue weighted by Crippen LogP contribution is 2.36. The van der Waals surface area contributed by atoms with E-state index in [2.05, 4.69) is 23.6 Å². The molecule has 7 unspecified atom stereocenters. The van der Waals surface area contributed by atoms with Gasteiger partial charge in [0.05, 0.1) is 23.8 Å². The average Bonchev–Trinajstić information content (AvgIpc) is 3.15. The Balaban J connectivity index is 1.60. The van der Waals surface area contributed by atoms with Gasteiger partial charge in [0.25, 0.3) is 5.91 Å². The molecule has 2 fully saturated rings. The number of aliphatic hydroxyl groups is 2. The van der Waals surface area contributed by atoms with E-state index in [0.29, 0.717) is 23.5 Å². The molecule has 0 spiro atoms. The average molecular weight is 462 g/mol. The Labute approximate surface area is 194 Å². The normalized spacial score (nSPS) is 37.4. The Morgan fingerprint density at radius 2 is 2.18 bits per heavy atom. The van der Waals surface area contributed by atoms with Crippen LogP contribution in [0.15, 0.2) is 29.8 Å². The third-order valence-corrected chi connectivity index (χ3v) is 6.99. The Hall–Kier alpha value is -2.17. The van der Waals surface area contributed by atoms with Crippen LogP contribution < -0.4 is 15.4 Å². The molecule has 1 aromatic carbocycles. The van der Waals surface area contributed by atoms with Gasteiger partial charge in [-0.05, 0) is 51.9 Å². The van der Waals surface area contributed by atoms with Crippen LogP contribution >= 0.6 is 0 Å². The van der Waals surface area contributed by atoms with Crippen LogP contribution in [0.1, 0.15) is 44.0 Å². The molecule has 33 heavy (non-hydrogen) atoms. The number of carbonyl (C=O) groups excluding carboxylic acids is 1. The lowest BCUT2D eigenvalue weighted by Crippen LogP contribution is -2.69. The first-order valence-electron chi connectivity index (χ1n) is 11.5. The first kappa shape index (κ1) is 24.0. The molecule has 4 N–H and O–H groups in total. The van der Waals surface area contributed by atoms with Crippen molar-refractivity contribution in [3.8, 4) is 5.75 Å². The minimum absolute atomic E-state index is 0.102. The predicted molar refractivity (Wildman–Crippen MR) is 123 cm³/mol. The molecular formula is C24H35N3O6. The van der Waals surface area contributed by atoms with Crippen LogP contribution in [0.25, 0.3) is 0 Å². The van der Waals surface area contributed by atoms with Gasteiger partial charge in [0.2, 0.25) is 6.29 Å². The topological polar surface area (TPSA) is 113 Å². The highest BCUT2D eigenvalue weighted by molar-refractivity contribution is 6.01. The highest BCUT2D eigenvalue weighted by atomic mass is 16.7. The van der Waals surface area contributed by atoms with Crippen molar-refractivity contribution < 1.29 is 29.2 Å². The van der Waals surface area contributed by atoms with Crippen molar-refractivity contribution in [1.82, 2.24) is 10.2 Å². The summed E-state index contributed by atoms with van der Waals surface area (Å²) in [6.07, 6.45) is 0.747. The highest BCUT2D eigenvalue weighted by Gasteiger charge is 2.52. The van der Waals surface area contributed by atoms with Crippen molar-refractivity contribution in [2.75, 3.05) is 26.0 Å². The zero-order valence-corrected chi connectivity index (χ0v) is 19.9. The van der Waals surface area contributed by atoms with Gasteiger partial charge in [-0.25, -0.2) is 0 Å². The maximum Gasteiger partial charge on any atom is 0.256 e. The molecule has 3 heterocycles. The van der Waals surface area contributed by atoms with Crippen LogP contribution in [-0.4, -0.2) is 84.1 Å². The second-order valence-corrected chi connectivity index (χ2v) is 9.25. The van der Waals surface area contributed by atoms with Crippen LogP contribution in [0.2, 0.25) is 0 Å². The van der Waals surface area contributed by atoms with Crippen LogP contribution in [0.3, 0.4) is 0 Å². The van der Waals surface area contributed by atoms with Crippen molar-refractivity contribution in [2.24, 2.45) is 0 Å². The molecule has 0 saturated carbocycles. The minimum Gasteiger partial charge on any atom is -0.462 e. The largest absolute Gasteiger partial charge is 0.462 e. The second kappa shape index (κ2) is 9.23. The molecule has 1 amide bonds. The summed E-state index contributed by atoms with van der Waals surface area (Å²) in [5, 5.41) is 27.9. The monoisotopic (exact) mass is 461 g/mol. The third kappa shape index (κ3) is 4.24. The lowest BCUT2D eigenvalue weighted by molar-refractivity contribution is -0.272. The van der Waals surface area contributed by atoms with Crippen LogP contribution in [0, 0.1) is 0 Å². The third-order valence-electron chi connectivity index (χ3n) is 6.99. The number of methoxy groups -OCH3 is 1. The number of amides is 1. The summed E-state index contributed by atoms with van der Waals surface area (Å²) in [6, 6.07) is 4.57. The second-order valence-electron chi connectivity index (χ2n) is 9.25. The van der Waals surface area contributed by atoms with Gasteiger partial charge in [0, 0.05) is 19.3 Å². The molecule has 7 atom stereocenters. The van der Waals surface area contributed by atoms with Crippen molar-refractivity contribution in [3.05, 3.63) is 35.4 Å². The Morgan fingerprint density at radius 3 is 2.85 bits per heavy atom. The van der Waals surface area contributed by atoms with Gasteiger partial charge in [-0.15, -0.1) is 0 Å². The summed E-state index contributed by atoms with van der Waals surface area (Å²) >= 11 is 0. The van der Waals surface area contributed by atoms with Crippen molar-refractivity contribution >= 4 is 11.6 Å². The molecule has 3 aliphatic heterocycles. The summed E-state index contributed by atoms with van der Waals surface area (Å²) in [6.45, 7) is 6.02. The van der Waals surface area contributed by atoms with Gasteiger partial charge >= 0.3 is 0 Å². The molecule has 9 nitrogen and oxygen atoms in total. The molecule has 0 radical (unpaired) electrons. The number of benzene rings is 1. The standard InChI is InChI=1S/C24H35N3O6/c1-6-7-14-10-18-21(31-5)26-17-9-8-15(11-16(17)22(29)27(18)12-14)33-23-20(28)24(3,30)19(25-4)13(2)32-23/h7-9,11,13,18-21,23,25-26,28,30H,6,10,12H2,1-5H3/b14-7-. The fourth-order valence-corrected chi connectivity index (χ4v) is 5.28. The lowest BCUT2D eigenvalue weighted by atomic mass is 9.84. The van der Waals surface area contributed by atoms with Crippen molar-refractivity contribution in [3.63, 3.8) is 0 Å². The number of hydrogen-bond donors (Lipinski definition) is 4. The molecule has 9 heteroatoms. The molecule has 0 aromatic heterocycles. The Kier molecular flexibility index (Phi) is 6.70. The minimum atomic E-state index is -1.46. The zero-order chi connectivity index (χ0) is 23.9. The molecule has 4 rings (SSSR count). The predicted octanol–water partition coefficient (Wildman–Crippen LogP) is 1.46. The van der Waals surface area contributed by atoms with E-state index in [1.165, 1.54) is 5.57 Å². The van der Waals surface area contributed by atoms with E-state index < -0.39 is 30.1 Å². The van der Waals surface area contributed by atoms with E-state index in [-0.39, 0.29) is 18.2 Å². The number of fused-ring (bicyclic) bond motifs is 2. The van der Waals surface area contributed by atoms with Crippen LogP contribution in [0.5, 0.6) is 5.75 Å². The summed E-state index contributed by atoms with van der Waals surface area (Å²) in [5.41, 5.74) is 0.893. The fourth-order valence-electron chi connectivity index (χ4n) is 5.28. The molecule has 0 aliphatic carbocycles. The maximum absolute atomic E-state index is 13.5. The van der Waals surface area contributed by atoms with E-state index in [0.717, 1.165) is 12.8 Å². The number of nitrogens with zero attached hydrogens (tertiary/aromatic N) is 1. The Morgan fingerprint density at radius 1 is 1.42 bits per heavy atom. The molecule has 182 valence electrons. The van der Waals surface area contributed by atoms with Gasteiger partial charge in [-0.1, -0.05) is 18.6 Å². The first-order valence-corrected chi connectivity index (χ1v) is 11.5. The van der Waals surface area contributed by atoms with E-state index in [1.54, 1.807) is 39.3 Å². The first-order chi connectivity index (χ1) is 15.7. The Bertz CT molecular complexity index is 919. The molecule has 2 saturated heterocycles. The number of ether oxygens (including phenoxy) is 3. The SMILES string of the molecule is CC/C=C1/CC2C(OC)Nc3ccc(OC4OC(C)C(NC)C(C)(O)C4O)cc3C(=O)N2C1. The van der Waals surface area contributed by atoms with Crippen molar-refractivity contribution in [1.29, 1.82) is 0 Å². The summed E-state index contributed by atoms with van der Waals surface area (Å²) in [4.78, 5) is 15.3. The number of aliphatic hydroxyl groups excluding tert-OH is 1. The number of hydrogen-bond acceptors (Lipinski definition) is 8. The molecule has 1 aromatic rings. The number of rotatable bonds is 5. The summed E-state index contributed by atoms with van der Waals surface area (Å²) < 4.78 is 17.5.